The molecule has 2 amide bonds. The van der Waals surface area contributed by atoms with E-state index >= 15 is 0 Å². The molecule has 2 aromatic rings. The van der Waals surface area contributed by atoms with Crippen molar-refractivity contribution < 1.29 is 31.9 Å². The summed E-state index contributed by atoms with van der Waals surface area (Å²) in [4.78, 5) is 32.1. The first-order chi connectivity index (χ1) is 19.1. The van der Waals surface area contributed by atoms with Crippen LogP contribution < -0.4 is 10.5 Å². The quantitative estimate of drug-likeness (QED) is 0.467. The number of ether oxygens (including phenoxy) is 1. The van der Waals surface area contributed by atoms with E-state index in [0.29, 0.717) is 62.5 Å². The summed E-state index contributed by atoms with van der Waals surface area (Å²) in [5.74, 6) is -1.05. The van der Waals surface area contributed by atoms with Crippen LogP contribution in [0.5, 0.6) is 5.75 Å². The van der Waals surface area contributed by atoms with E-state index in [9.17, 15) is 27.2 Å². The van der Waals surface area contributed by atoms with E-state index in [1.165, 1.54) is 17.0 Å². The van der Waals surface area contributed by atoms with Gasteiger partial charge in [-0.25, -0.2) is 4.39 Å². The second-order valence-electron chi connectivity index (χ2n) is 11.3. The molecule has 1 aromatic carbocycles. The number of carbonyl (C=O) groups is 2. The van der Waals surface area contributed by atoms with Crippen molar-refractivity contribution in [2.24, 2.45) is 17.1 Å². The number of nitrogens with zero attached hydrogens (tertiary/aromatic N) is 3. The van der Waals surface area contributed by atoms with Crippen LogP contribution in [0.1, 0.15) is 55.3 Å². The lowest BCUT2D eigenvalue weighted by molar-refractivity contribution is -0.256. The number of halogens is 4. The van der Waals surface area contributed by atoms with Crippen molar-refractivity contribution in [2.75, 3.05) is 32.8 Å². The van der Waals surface area contributed by atoms with Gasteiger partial charge in [-0.15, -0.1) is 0 Å². The molecule has 0 bridgehead atoms. The molecule has 2 N–H and O–H groups in total. The molecule has 0 spiro atoms. The van der Waals surface area contributed by atoms with Crippen molar-refractivity contribution in [1.29, 1.82) is 0 Å². The standard InChI is InChI=1S/C29H34F4N4O3/c30-23-15-20(4-6-22(23)27(39)37-12-1-3-25(37)26(34)38)24-7-5-21(16-35-24)40-17-19-8-13-36(14-9-19)18-28(10-2-11-28)29(31,32)33/h4-7,15-16,19,25H,1-3,8-14,17-18H2,(H2,34,38)/t25-/m0/s1. The number of rotatable bonds is 8. The number of hydrogen-bond donors (Lipinski definition) is 1. The number of piperidine rings is 1. The average Bonchev–Trinajstić information content (AvgIpc) is 3.40. The highest BCUT2D eigenvalue weighted by Gasteiger charge is 2.58. The summed E-state index contributed by atoms with van der Waals surface area (Å²) in [6.45, 7) is 2.17. The van der Waals surface area contributed by atoms with Gasteiger partial charge >= 0.3 is 6.18 Å². The molecule has 2 aliphatic heterocycles. The van der Waals surface area contributed by atoms with Crippen molar-refractivity contribution >= 4 is 11.8 Å². The van der Waals surface area contributed by atoms with Crippen LogP contribution in [0.4, 0.5) is 17.6 Å². The van der Waals surface area contributed by atoms with E-state index in [4.69, 9.17) is 10.5 Å². The Labute approximate surface area is 230 Å². The Morgan fingerprint density at radius 2 is 1.80 bits per heavy atom. The zero-order valence-corrected chi connectivity index (χ0v) is 22.3. The summed E-state index contributed by atoms with van der Waals surface area (Å²) >= 11 is 0. The Kier molecular flexibility index (Phi) is 8.03. The second kappa shape index (κ2) is 11.3. The zero-order chi connectivity index (χ0) is 28.5. The van der Waals surface area contributed by atoms with Gasteiger partial charge in [-0.1, -0.05) is 12.5 Å². The van der Waals surface area contributed by atoms with Gasteiger partial charge in [-0.2, -0.15) is 13.2 Å². The fourth-order valence-electron chi connectivity index (χ4n) is 6.03. The largest absolute Gasteiger partial charge is 0.492 e. The molecule has 216 valence electrons. The van der Waals surface area contributed by atoms with E-state index in [2.05, 4.69) is 4.98 Å². The van der Waals surface area contributed by atoms with Crippen LogP contribution >= 0.6 is 0 Å². The molecule has 1 aliphatic carbocycles. The number of primary amides is 1. The lowest BCUT2D eigenvalue weighted by atomic mass is 9.67. The van der Waals surface area contributed by atoms with Crippen LogP contribution in [0.25, 0.3) is 11.3 Å². The highest BCUT2D eigenvalue weighted by molar-refractivity contribution is 5.98. The van der Waals surface area contributed by atoms with Crippen molar-refractivity contribution in [3.63, 3.8) is 0 Å². The molecule has 5 rings (SSSR count). The van der Waals surface area contributed by atoms with Gasteiger partial charge in [0, 0.05) is 18.7 Å². The van der Waals surface area contributed by atoms with Crippen molar-refractivity contribution in [3.8, 4) is 17.0 Å². The van der Waals surface area contributed by atoms with Crippen molar-refractivity contribution in [1.82, 2.24) is 14.8 Å². The van der Waals surface area contributed by atoms with Crippen LogP contribution in [-0.4, -0.2) is 71.6 Å². The number of nitrogens with two attached hydrogens (primary N) is 1. The Balaban J connectivity index is 1.12. The van der Waals surface area contributed by atoms with Gasteiger partial charge in [0.05, 0.1) is 29.5 Å². The van der Waals surface area contributed by atoms with E-state index in [-0.39, 0.29) is 30.9 Å². The van der Waals surface area contributed by atoms with Gasteiger partial charge in [0.2, 0.25) is 5.91 Å². The molecule has 7 nitrogen and oxygen atoms in total. The average molecular weight is 563 g/mol. The summed E-state index contributed by atoms with van der Waals surface area (Å²) in [6.07, 6.45) is 1.18. The van der Waals surface area contributed by atoms with Crippen LogP contribution in [0.15, 0.2) is 36.5 Å². The lowest BCUT2D eigenvalue weighted by Gasteiger charge is -2.47. The minimum absolute atomic E-state index is 0.0946. The molecule has 11 heteroatoms. The second-order valence-corrected chi connectivity index (χ2v) is 11.3. The van der Waals surface area contributed by atoms with Gasteiger partial charge in [-0.3, -0.25) is 14.6 Å². The lowest BCUT2D eigenvalue weighted by Crippen LogP contribution is -2.53. The molecule has 3 heterocycles. The molecule has 0 unspecified atom stereocenters. The predicted molar refractivity (Wildman–Crippen MR) is 140 cm³/mol. The number of amides is 2. The smallest absolute Gasteiger partial charge is 0.395 e. The number of benzene rings is 1. The summed E-state index contributed by atoms with van der Waals surface area (Å²) in [6, 6.07) is 6.96. The molecule has 3 aliphatic rings. The van der Waals surface area contributed by atoms with Gasteiger partial charge in [-0.05, 0) is 81.8 Å². The molecule has 1 atom stereocenters. The topological polar surface area (TPSA) is 88.8 Å². The Bertz CT molecular complexity index is 1220. The third-order valence-electron chi connectivity index (χ3n) is 8.70. The third kappa shape index (κ3) is 5.80. The van der Waals surface area contributed by atoms with Crippen LogP contribution in [0.3, 0.4) is 0 Å². The molecule has 40 heavy (non-hydrogen) atoms. The Hall–Kier alpha value is -3.21. The van der Waals surface area contributed by atoms with Crippen molar-refractivity contribution in [2.45, 2.75) is 57.2 Å². The van der Waals surface area contributed by atoms with Gasteiger partial charge in [0.1, 0.15) is 17.6 Å². The Morgan fingerprint density at radius 3 is 2.38 bits per heavy atom. The number of carbonyl (C=O) groups excluding carboxylic acids is 2. The maximum Gasteiger partial charge on any atom is 0.395 e. The van der Waals surface area contributed by atoms with Crippen LogP contribution in [0, 0.1) is 17.2 Å². The van der Waals surface area contributed by atoms with E-state index in [1.807, 2.05) is 4.90 Å². The van der Waals surface area contributed by atoms with Crippen LogP contribution in [-0.2, 0) is 4.79 Å². The number of pyridine rings is 1. The fourth-order valence-corrected chi connectivity index (χ4v) is 6.03. The molecular formula is C29H34F4N4O3. The summed E-state index contributed by atoms with van der Waals surface area (Å²) in [5.41, 5.74) is 4.73. The summed E-state index contributed by atoms with van der Waals surface area (Å²) in [7, 11) is 0. The number of alkyl halides is 3. The van der Waals surface area contributed by atoms with E-state index < -0.39 is 35.3 Å². The monoisotopic (exact) mass is 562 g/mol. The minimum atomic E-state index is -4.14. The molecule has 1 saturated carbocycles. The van der Waals surface area contributed by atoms with Gasteiger partial charge in [0.15, 0.2) is 0 Å². The maximum atomic E-state index is 14.9. The number of hydrogen-bond acceptors (Lipinski definition) is 5. The van der Waals surface area contributed by atoms with Gasteiger partial charge < -0.3 is 20.3 Å². The summed E-state index contributed by atoms with van der Waals surface area (Å²) in [5, 5.41) is 0. The third-order valence-corrected chi connectivity index (χ3v) is 8.70. The zero-order valence-electron chi connectivity index (χ0n) is 22.3. The number of aromatic nitrogens is 1. The SMILES string of the molecule is NC(=O)[C@@H]1CCCN1C(=O)c1ccc(-c2ccc(OCC3CCN(CC4(C(F)(F)F)CCC4)CC3)cn2)cc1F. The minimum Gasteiger partial charge on any atom is -0.492 e. The Morgan fingerprint density at radius 1 is 1.05 bits per heavy atom. The van der Waals surface area contributed by atoms with E-state index in [1.54, 1.807) is 24.4 Å². The summed E-state index contributed by atoms with van der Waals surface area (Å²) < 4.78 is 61.3. The van der Waals surface area contributed by atoms with E-state index in [0.717, 1.165) is 12.8 Å². The molecular weight excluding hydrogens is 528 g/mol. The molecule has 1 aromatic heterocycles. The molecule has 3 fully saturated rings. The fraction of sp³-hybridized carbons (Fsp3) is 0.552. The first-order valence-corrected chi connectivity index (χ1v) is 13.8. The maximum absolute atomic E-state index is 14.9. The van der Waals surface area contributed by atoms with Gasteiger partial charge in [0.25, 0.3) is 5.91 Å². The first-order valence-electron chi connectivity index (χ1n) is 13.8. The number of likely N-dealkylation sites (tertiary alicyclic amines) is 2. The predicted octanol–water partition coefficient (Wildman–Crippen LogP) is 4.80. The van der Waals surface area contributed by atoms with Crippen LogP contribution in [0.2, 0.25) is 0 Å². The highest BCUT2D eigenvalue weighted by Crippen LogP contribution is 2.53. The molecule has 0 radical (unpaired) electrons. The van der Waals surface area contributed by atoms with Crippen molar-refractivity contribution in [3.05, 3.63) is 47.9 Å². The highest BCUT2D eigenvalue weighted by atomic mass is 19.4. The first kappa shape index (κ1) is 28.3. The normalized spacial score (nSPS) is 21.7. The molecule has 2 saturated heterocycles.